The molecule has 0 N–H and O–H groups in total. The first kappa shape index (κ1) is 12.9. The quantitative estimate of drug-likeness (QED) is 0.347. The largest absolute Gasteiger partial charge is 0.535 e. The molecule has 0 saturated carbocycles. The third kappa shape index (κ3) is 4.06. The van der Waals surface area contributed by atoms with Crippen LogP contribution in [0.25, 0.3) is 0 Å². The van der Waals surface area contributed by atoms with Crippen LogP contribution in [0.5, 0.6) is 0 Å². The van der Waals surface area contributed by atoms with Crippen molar-refractivity contribution in [2.45, 2.75) is 13.8 Å². The lowest BCUT2D eigenvalue weighted by Gasteiger charge is -2.02. The summed E-state index contributed by atoms with van der Waals surface area (Å²) >= 11 is 0. The van der Waals surface area contributed by atoms with Crippen LogP contribution in [0.2, 0.25) is 0 Å². The van der Waals surface area contributed by atoms with Crippen LogP contribution in [0.15, 0.2) is 35.5 Å². The van der Waals surface area contributed by atoms with Crippen molar-refractivity contribution in [1.29, 1.82) is 0 Å². The van der Waals surface area contributed by atoms with Crippen LogP contribution in [0, 0.1) is 0 Å². The van der Waals surface area contributed by atoms with Crippen LogP contribution in [0.4, 0.5) is 4.79 Å². The summed E-state index contributed by atoms with van der Waals surface area (Å²) in [6.07, 6.45) is -0.929. The molecule has 0 spiro atoms. The smallest absolute Gasteiger partial charge is 0.433 e. The molecule has 0 radical (unpaired) electrons. The van der Waals surface area contributed by atoms with E-state index in [0.29, 0.717) is 5.56 Å². The summed E-state index contributed by atoms with van der Waals surface area (Å²) < 4.78 is 4.53. The molecule has 0 fully saturated rings. The van der Waals surface area contributed by atoms with E-state index < -0.39 is 6.16 Å². The summed E-state index contributed by atoms with van der Waals surface area (Å²) in [4.78, 5) is 26.8. The van der Waals surface area contributed by atoms with Crippen molar-refractivity contribution in [2.75, 3.05) is 6.61 Å². The van der Waals surface area contributed by atoms with E-state index in [9.17, 15) is 9.59 Å². The normalized spacial score (nSPS) is 10.8. The average molecular weight is 235 g/mol. The van der Waals surface area contributed by atoms with Gasteiger partial charge in [0.25, 0.3) is 0 Å². The number of carbonyl (C=O) groups is 2. The molecule has 1 aromatic carbocycles. The summed E-state index contributed by atoms with van der Waals surface area (Å²) in [6.45, 7) is 3.18. The van der Waals surface area contributed by atoms with Crippen molar-refractivity contribution in [2.24, 2.45) is 5.16 Å². The number of benzene rings is 1. The highest BCUT2D eigenvalue weighted by Crippen LogP contribution is 2.03. The molecule has 0 amide bonds. The zero-order chi connectivity index (χ0) is 12.7. The van der Waals surface area contributed by atoms with Crippen LogP contribution in [-0.4, -0.2) is 24.3 Å². The maximum Gasteiger partial charge on any atom is 0.535 e. The van der Waals surface area contributed by atoms with Gasteiger partial charge >= 0.3 is 6.16 Å². The number of hydrogen-bond acceptors (Lipinski definition) is 5. The Morgan fingerprint density at radius 1 is 1.24 bits per heavy atom. The third-order valence-electron chi connectivity index (χ3n) is 1.85. The molecule has 0 bridgehead atoms. The number of nitrogens with zero attached hydrogens (tertiary/aromatic N) is 1. The third-order valence-corrected chi connectivity index (χ3v) is 1.85. The van der Waals surface area contributed by atoms with E-state index in [2.05, 4.69) is 14.7 Å². The van der Waals surface area contributed by atoms with Crippen LogP contribution in [-0.2, 0) is 14.4 Å². The molecule has 1 rings (SSSR count). The molecule has 0 atom stereocenters. The number of ketones is 1. The van der Waals surface area contributed by atoms with Gasteiger partial charge in [0.15, 0.2) is 11.5 Å². The van der Waals surface area contributed by atoms with Crippen molar-refractivity contribution in [3.63, 3.8) is 0 Å². The molecule has 0 aliphatic heterocycles. The summed E-state index contributed by atoms with van der Waals surface area (Å²) in [5.41, 5.74) is 0.669. The summed E-state index contributed by atoms with van der Waals surface area (Å²) in [5.74, 6) is -0.291. The lowest BCUT2D eigenvalue weighted by molar-refractivity contribution is -0.111. The second-order valence-electron chi connectivity index (χ2n) is 3.14. The number of carbonyl (C=O) groups excluding carboxylic acids is 2. The van der Waals surface area contributed by atoms with Crippen LogP contribution in [0.1, 0.15) is 19.4 Å². The van der Waals surface area contributed by atoms with Gasteiger partial charge in [0.1, 0.15) is 0 Å². The van der Waals surface area contributed by atoms with E-state index >= 15 is 0 Å². The Labute approximate surface area is 99.0 Å². The van der Waals surface area contributed by atoms with Gasteiger partial charge in [-0.15, -0.1) is 0 Å². The predicted octanol–water partition coefficient (Wildman–Crippen LogP) is 2.15. The van der Waals surface area contributed by atoms with Gasteiger partial charge in [-0.05, 0) is 6.92 Å². The number of rotatable bonds is 4. The van der Waals surface area contributed by atoms with Crippen molar-refractivity contribution in [1.82, 2.24) is 0 Å². The Morgan fingerprint density at radius 2 is 1.88 bits per heavy atom. The molecule has 0 heterocycles. The van der Waals surface area contributed by atoms with E-state index in [1.54, 1.807) is 31.2 Å². The lowest BCUT2D eigenvalue weighted by Crippen LogP contribution is -2.14. The van der Waals surface area contributed by atoms with Crippen molar-refractivity contribution in [3.05, 3.63) is 35.9 Å². The fourth-order valence-electron chi connectivity index (χ4n) is 1.14. The topological polar surface area (TPSA) is 65.0 Å². The standard InChI is InChI=1S/C12H13NO4/c1-3-16-12(15)17-13-11(9(2)14)10-7-5-4-6-8-10/h4-8H,3H2,1-2H3. The van der Waals surface area contributed by atoms with Gasteiger partial charge < -0.3 is 4.74 Å². The second kappa shape index (κ2) is 6.42. The Kier molecular flexibility index (Phi) is 4.87. The minimum atomic E-state index is -0.929. The average Bonchev–Trinajstić information content (AvgIpc) is 2.30. The van der Waals surface area contributed by atoms with Gasteiger partial charge in [0, 0.05) is 12.5 Å². The first-order valence-corrected chi connectivity index (χ1v) is 5.13. The lowest BCUT2D eigenvalue weighted by atomic mass is 10.1. The first-order valence-electron chi connectivity index (χ1n) is 5.13. The molecule has 0 saturated heterocycles. The second-order valence-corrected chi connectivity index (χ2v) is 3.14. The summed E-state index contributed by atoms with van der Waals surface area (Å²) in [7, 11) is 0. The van der Waals surface area contributed by atoms with Crippen LogP contribution < -0.4 is 0 Å². The summed E-state index contributed by atoms with van der Waals surface area (Å²) in [6, 6.07) is 8.74. The van der Waals surface area contributed by atoms with Gasteiger partial charge in [-0.1, -0.05) is 35.5 Å². The minimum Gasteiger partial charge on any atom is -0.433 e. The summed E-state index contributed by atoms with van der Waals surface area (Å²) in [5, 5.41) is 3.50. The van der Waals surface area contributed by atoms with Crippen molar-refractivity contribution < 1.29 is 19.2 Å². The molecule has 5 heteroatoms. The van der Waals surface area contributed by atoms with E-state index in [1.165, 1.54) is 6.92 Å². The molecule has 90 valence electrons. The zero-order valence-corrected chi connectivity index (χ0v) is 9.67. The fourth-order valence-corrected chi connectivity index (χ4v) is 1.14. The Hall–Kier alpha value is -2.17. The van der Waals surface area contributed by atoms with Crippen molar-refractivity contribution in [3.8, 4) is 0 Å². The molecule has 0 aromatic heterocycles. The predicted molar refractivity (Wildman–Crippen MR) is 61.8 cm³/mol. The maximum absolute atomic E-state index is 11.4. The molecule has 0 aliphatic carbocycles. The number of oxime groups is 1. The van der Waals surface area contributed by atoms with E-state index in [-0.39, 0.29) is 18.1 Å². The maximum atomic E-state index is 11.4. The van der Waals surface area contributed by atoms with E-state index in [4.69, 9.17) is 0 Å². The van der Waals surface area contributed by atoms with E-state index in [1.807, 2.05) is 6.07 Å². The minimum absolute atomic E-state index is 0.0821. The van der Waals surface area contributed by atoms with Gasteiger partial charge in [0.05, 0.1) is 6.61 Å². The molecule has 5 nitrogen and oxygen atoms in total. The Bertz CT molecular complexity index is 425. The monoisotopic (exact) mass is 235 g/mol. The van der Waals surface area contributed by atoms with Gasteiger partial charge in [-0.3, -0.25) is 9.63 Å². The number of Topliss-reactive ketones (excluding diaryl/α,β-unsaturated/α-hetero) is 1. The van der Waals surface area contributed by atoms with Gasteiger partial charge in [-0.25, -0.2) is 4.79 Å². The molecular formula is C12H13NO4. The molecule has 1 aromatic rings. The van der Waals surface area contributed by atoms with Gasteiger partial charge in [-0.2, -0.15) is 0 Å². The molecule has 0 aliphatic rings. The number of hydrogen-bond donors (Lipinski definition) is 0. The van der Waals surface area contributed by atoms with Gasteiger partial charge in [0.2, 0.25) is 0 Å². The molecule has 17 heavy (non-hydrogen) atoms. The SMILES string of the molecule is CCOC(=O)ON=C(C(C)=O)c1ccccc1. The highest BCUT2D eigenvalue weighted by Gasteiger charge is 2.11. The zero-order valence-electron chi connectivity index (χ0n) is 9.67. The number of ether oxygens (including phenoxy) is 1. The van der Waals surface area contributed by atoms with E-state index in [0.717, 1.165) is 0 Å². The fraction of sp³-hybridized carbons (Fsp3) is 0.250. The Balaban J connectivity index is 2.84. The van der Waals surface area contributed by atoms with Crippen molar-refractivity contribution >= 4 is 17.7 Å². The highest BCUT2D eigenvalue weighted by atomic mass is 16.8. The molecule has 0 unspecified atom stereocenters. The first-order chi connectivity index (χ1) is 8.15. The Morgan fingerprint density at radius 3 is 2.41 bits per heavy atom. The van der Waals surface area contributed by atoms with Crippen LogP contribution >= 0.6 is 0 Å². The molecular weight excluding hydrogens is 222 g/mol. The van der Waals surface area contributed by atoms with Crippen LogP contribution in [0.3, 0.4) is 0 Å². The highest BCUT2D eigenvalue weighted by molar-refractivity contribution is 6.45.